The molecule has 0 aliphatic heterocycles. The van der Waals surface area contributed by atoms with Crippen molar-refractivity contribution in [2.75, 3.05) is 0 Å². The highest BCUT2D eigenvalue weighted by atomic mass is 35.5. The van der Waals surface area contributed by atoms with Crippen molar-refractivity contribution in [2.24, 2.45) is 0 Å². The first-order valence-corrected chi connectivity index (χ1v) is 41.6. The Balaban J connectivity index is 0.000000118. The summed E-state index contributed by atoms with van der Waals surface area (Å²) in [5.74, 6) is 1.35. The van der Waals surface area contributed by atoms with Crippen LogP contribution in [0.3, 0.4) is 0 Å². The number of rotatable bonds is 7. The molecule has 0 unspecified atom stereocenters. The Hall–Kier alpha value is -15.7. The first-order chi connectivity index (χ1) is 59.9. The van der Waals surface area contributed by atoms with Gasteiger partial charge in [-0.15, -0.1) is 0 Å². The smallest absolute Gasteiger partial charge is 0.160 e. The van der Waals surface area contributed by atoms with Gasteiger partial charge in [0, 0.05) is 92.5 Å². The zero-order valence-electron chi connectivity index (χ0n) is 65.5. The number of halogens is 1. The Kier molecular flexibility index (Phi) is 16.3. The average Bonchev–Trinajstić information content (AvgIpc) is 1.56. The first kappa shape index (κ1) is 69.6. The molecule has 26 rings (SSSR count). The van der Waals surface area contributed by atoms with E-state index in [1.54, 1.807) is 0 Å². The molecular weight excluding hydrogens is 1490 g/mol. The van der Waals surface area contributed by atoms with Gasteiger partial charge in [-0.2, -0.15) is 0 Å². The predicted molar refractivity (Wildman–Crippen MR) is 509 cm³/mol. The summed E-state index contributed by atoms with van der Waals surface area (Å²) in [4.78, 5) is 21.1. The average molecular weight is 1560 g/mol. The number of aromatic nitrogens is 7. The number of benzene rings is 20. The molecule has 0 spiro atoms. The summed E-state index contributed by atoms with van der Waals surface area (Å²) in [6.07, 6.45) is 1.08. The summed E-state index contributed by atoms with van der Waals surface area (Å²) in [6, 6.07) is 147. The standard InChI is InChI=1S/C56H34N4.C40H24ClN3.C17H12/c1-2-18-41(19-3-1)59-50-28-27-39(32-47(50)54-43-21-9-6-14-35(43)26-29-51(54)59)55-45-23-10-12-24-48(45)57-56(58-55)40-30-38-17-7-8-20-42(38)52(34-40)60-49-25-13-11-22-44(49)46-31-36-15-4-5-16-37(36)33-53(46)60;41-34-24-28(22-26-11-5-6-14-30(26)34)40-42-35-17-9-8-16-32(35)39(43-40)27-19-20-36-33(23-27)38-31-15-7-4-10-25(31)18-21-37(38)44(36)29-12-2-1-3-13-29;1-2-6-13-11-17-15(9-12(13)5-1)10-14-7-3-4-8-16(14)17/h1-34H;1-24H;1-9,11H,10H2. The van der Waals surface area contributed by atoms with E-state index in [9.17, 15) is 0 Å². The second-order valence-electron chi connectivity index (χ2n) is 31.6. The minimum Gasteiger partial charge on any atom is -0.309 e. The molecule has 0 bridgehead atoms. The second kappa shape index (κ2) is 28.3. The van der Waals surface area contributed by atoms with Gasteiger partial charge in [-0.25, -0.2) is 19.9 Å². The third kappa shape index (κ3) is 11.6. The van der Waals surface area contributed by atoms with Crippen LogP contribution in [0.4, 0.5) is 0 Å². The zero-order chi connectivity index (χ0) is 79.8. The van der Waals surface area contributed by atoms with E-state index in [-0.39, 0.29) is 0 Å². The maximum absolute atomic E-state index is 6.75. The Bertz CT molecular complexity index is 8590. The van der Waals surface area contributed by atoms with Crippen molar-refractivity contribution in [3.63, 3.8) is 0 Å². The molecular formula is C113H70ClN7. The first-order valence-electron chi connectivity index (χ1n) is 41.2. The highest BCUT2D eigenvalue weighted by Crippen LogP contribution is 2.46. The molecule has 5 aromatic heterocycles. The molecule has 0 N–H and O–H groups in total. The summed E-state index contributed by atoms with van der Waals surface area (Å²) >= 11 is 6.75. The van der Waals surface area contributed by atoms with Crippen molar-refractivity contribution in [3.8, 4) is 73.5 Å². The number of hydrogen-bond acceptors (Lipinski definition) is 4. The van der Waals surface area contributed by atoms with Crippen LogP contribution >= 0.6 is 11.6 Å². The van der Waals surface area contributed by atoms with Crippen molar-refractivity contribution in [2.45, 2.75) is 6.42 Å². The lowest BCUT2D eigenvalue weighted by molar-refractivity contribution is 1.18. The predicted octanol–water partition coefficient (Wildman–Crippen LogP) is 30.0. The lowest BCUT2D eigenvalue weighted by Crippen LogP contribution is -1.99. The van der Waals surface area contributed by atoms with Crippen LogP contribution in [0.5, 0.6) is 0 Å². The van der Waals surface area contributed by atoms with E-state index in [2.05, 4.69) is 396 Å². The van der Waals surface area contributed by atoms with Crippen LogP contribution in [0.2, 0.25) is 5.02 Å². The molecule has 25 aromatic rings. The molecule has 20 aromatic carbocycles. The normalized spacial score (nSPS) is 12.0. The third-order valence-corrected chi connectivity index (χ3v) is 25.0. The zero-order valence-corrected chi connectivity index (χ0v) is 66.2. The van der Waals surface area contributed by atoms with Crippen molar-refractivity contribution >= 4 is 163 Å². The molecule has 8 heteroatoms. The Morgan fingerprint density at radius 2 is 0.636 bits per heavy atom. The summed E-state index contributed by atoms with van der Waals surface area (Å²) < 4.78 is 7.19. The van der Waals surface area contributed by atoms with Crippen LogP contribution < -0.4 is 0 Å². The van der Waals surface area contributed by atoms with Crippen molar-refractivity contribution < 1.29 is 0 Å². The van der Waals surface area contributed by atoms with Gasteiger partial charge in [0.2, 0.25) is 0 Å². The fourth-order valence-corrected chi connectivity index (χ4v) is 19.5. The Labute approximate surface area is 700 Å². The van der Waals surface area contributed by atoms with Gasteiger partial charge in [-0.1, -0.05) is 303 Å². The molecule has 1 aliphatic carbocycles. The van der Waals surface area contributed by atoms with Crippen LogP contribution in [0.1, 0.15) is 11.1 Å². The van der Waals surface area contributed by atoms with Crippen LogP contribution in [-0.2, 0) is 6.42 Å². The topological polar surface area (TPSA) is 66.3 Å². The lowest BCUT2D eigenvalue weighted by atomic mass is 10.00. The molecule has 0 radical (unpaired) electrons. The quantitative estimate of drug-likeness (QED) is 0.159. The highest BCUT2D eigenvalue weighted by Gasteiger charge is 2.25. The van der Waals surface area contributed by atoms with Gasteiger partial charge in [0.15, 0.2) is 11.6 Å². The summed E-state index contributed by atoms with van der Waals surface area (Å²) in [7, 11) is 0. The number of para-hydroxylation sites is 5. The minimum atomic E-state index is 0.656. The van der Waals surface area contributed by atoms with E-state index in [1.165, 1.54) is 125 Å². The lowest BCUT2D eigenvalue weighted by Gasteiger charge is -2.15. The van der Waals surface area contributed by atoms with Crippen LogP contribution in [-0.4, -0.2) is 33.6 Å². The summed E-state index contributed by atoms with van der Waals surface area (Å²) in [5.41, 5.74) is 23.7. The van der Waals surface area contributed by atoms with Crippen LogP contribution in [0, 0.1) is 0 Å². The number of hydrogen-bond donors (Lipinski definition) is 0. The van der Waals surface area contributed by atoms with Crippen molar-refractivity contribution in [1.82, 2.24) is 33.6 Å². The van der Waals surface area contributed by atoms with Crippen molar-refractivity contribution in [3.05, 3.63) is 429 Å². The van der Waals surface area contributed by atoms with Gasteiger partial charge in [0.05, 0.1) is 61.2 Å². The molecule has 0 saturated carbocycles. The molecule has 0 atom stereocenters. The van der Waals surface area contributed by atoms with Gasteiger partial charge in [-0.05, 0) is 204 Å². The fourth-order valence-electron chi connectivity index (χ4n) is 19.2. The monoisotopic (exact) mass is 1560 g/mol. The molecule has 0 amide bonds. The van der Waals surface area contributed by atoms with E-state index in [1.807, 2.05) is 30.3 Å². The number of nitrogens with zero attached hydrogens (tertiary/aromatic N) is 7. The van der Waals surface area contributed by atoms with E-state index in [0.717, 1.165) is 106 Å². The Morgan fingerprint density at radius 1 is 0.215 bits per heavy atom. The van der Waals surface area contributed by atoms with E-state index in [0.29, 0.717) is 16.7 Å². The molecule has 564 valence electrons. The van der Waals surface area contributed by atoms with Gasteiger partial charge in [0.25, 0.3) is 0 Å². The van der Waals surface area contributed by atoms with Gasteiger partial charge in [0.1, 0.15) is 0 Å². The molecule has 1 aliphatic rings. The molecule has 7 nitrogen and oxygen atoms in total. The largest absolute Gasteiger partial charge is 0.309 e. The Morgan fingerprint density at radius 3 is 1.21 bits per heavy atom. The highest BCUT2D eigenvalue weighted by molar-refractivity contribution is 6.36. The molecule has 121 heavy (non-hydrogen) atoms. The second-order valence-corrected chi connectivity index (χ2v) is 32.1. The summed E-state index contributed by atoms with van der Waals surface area (Å²) in [5, 5.41) is 24.5. The summed E-state index contributed by atoms with van der Waals surface area (Å²) in [6.45, 7) is 0. The minimum absolute atomic E-state index is 0.656. The molecule has 0 saturated heterocycles. The maximum Gasteiger partial charge on any atom is 0.160 e. The van der Waals surface area contributed by atoms with Crippen molar-refractivity contribution in [1.29, 1.82) is 0 Å². The molecule has 5 heterocycles. The molecule has 0 fully saturated rings. The SMILES string of the molecule is Clc1cc(-c2nc(-c3ccc4c(c3)c3c5ccccc5ccc3n4-c3ccccc3)c3ccccc3n2)cc2ccccc12.c1ccc(-n2c3ccc(-c4nc(-c5cc(-n6c7ccccc7c7cc8ccccc8cc76)c6ccccc6c5)nc5ccccc45)cc3c3c4ccccc4ccc32)cc1.c1ccc2c(c1)Cc1cc3ccccc3cc1-2. The van der Waals surface area contributed by atoms with E-state index < -0.39 is 0 Å². The van der Waals surface area contributed by atoms with E-state index >= 15 is 0 Å². The van der Waals surface area contributed by atoms with Gasteiger partial charge >= 0.3 is 0 Å². The third-order valence-electron chi connectivity index (χ3n) is 24.7. The van der Waals surface area contributed by atoms with Gasteiger partial charge < -0.3 is 13.7 Å². The van der Waals surface area contributed by atoms with Gasteiger partial charge in [-0.3, -0.25) is 0 Å². The van der Waals surface area contributed by atoms with E-state index in [4.69, 9.17) is 31.5 Å². The van der Waals surface area contributed by atoms with Crippen LogP contribution in [0.25, 0.3) is 225 Å². The fraction of sp³-hybridized carbons (Fsp3) is 0.00885. The van der Waals surface area contributed by atoms with Crippen LogP contribution in [0.15, 0.2) is 413 Å². The maximum atomic E-state index is 6.75. The number of fused-ring (bicyclic) bond motifs is 22.